The number of benzene rings is 3. The van der Waals surface area contributed by atoms with Gasteiger partial charge in [-0.25, -0.2) is 4.79 Å². The van der Waals surface area contributed by atoms with Gasteiger partial charge in [-0.3, -0.25) is 9.59 Å². The number of para-hydroxylation sites is 1. The van der Waals surface area contributed by atoms with Gasteiger partial charge in [-0.2, -0.15) is 0 Å². The summed E-state index contributed by atoms with van der Waals surface area (Å²) < 4.78 is 0. The molecule has 0 aliphatic carbocycles. The third-order valence-electron chi connectivity index (χ3n) is 6.17. The molecule has 0 bridgehead atoms. The van der Waals surface area contributed by atoms with Crippen LogP contribution in [0.4, 0.5) is 16.2 Å². The molecule has 0 saturated heterocycles. The Morgan fingerprint density at radius 3 is 2.42 bits per heavy atom. The molecule has 4 amide bonds. The standard InChI is InChI=1S/C29H32N4O3/c1-19(2)30-27(34)18-33-26-15-8-7-14-23(26)24(21-11-5-4-6-12-21)17-25(28(33)35)32-29(36)31-22-13-9-10-20(3)16-22/h4-16,19,24-25H,17-18H2,1-3H3,(H,30,34)(H2,31,32,36). The van der Waals surface area contributed by atoms with Crippen molar-refractivity contribution in [3.63, 3.8) is 0 Å². The molecule has 1 aliphatic rings. The van der Waals surface area contributed by atoms with E-state index >= 15 is 0 Å². The number of rotatable bonds is 6. The van der Waals surface area contributed by atoms with Gasteiger partial charge in [0.25, 0.3) is 0 Å². The van der Waals surface area contributed by atoms with Crippen molar-refractivity contribution in [2.45, 2.75) is 45.2 Å². The summed E-state index contributed by atoms with van der Waals surface area (Å²) in [4.78, 5) is 41.1. The highest BCUT2D eigenvalue weighted by Gasteiger charge is 2.37. The van der Waals surface area contributed by atoms with Crippen LogP contribution >= 0.6 is 0 Å². The van der Waals surface area contributed by atoms with Crippen LogP contribution in [-0.4, -0.2) is 36.5 Å². The lowest BCUT2D eigenvalue weighted by Gasteiger charge is -2.26. The zero-order valence-electron chi connectivity index (χ0n) is 20.8. The van der Waals surface area contributed by atoms with Crippen molar-refractivity contribution in [1.29, 1.82) is 0 Å². The lowest BCUT2D eigenvalue weighted by atomic mass is 9.86. The Morgan fingerprint density at radius 1 is 0.972 bits per heavy atom. The smallest absolute Gasteiger partial charge is 0.319 e. The Balaban J connectivity index is 1.68. The lowest BCUT2D eigenvalue weighted by Crippen LogP contribution is -2.52. The number of nitrogens with one attached hydrogen (secondary N) is 3. The Bertz CT molecular complexity index is 1240. The van der Waals surface area contributed by atoms with Crippen molar-refractivity contribution in [2.75, 3.05) is 16.8 Å². The molecule has 3 aromatic rings. The monoisotopic (exact) mass is 484 g/mol. The molecule has 1 aliphatic heterocycles. The highest BCUT2D eigenvalue weighted by atomic mass is 16.2. The van der Waals surface area contributed by atoms with Crippen molar-refractivity contribution >= 4 is 29.2 Å². The van der Waals surface area contributed by atoms with E-state index in [9.17, 15) is 14.4 Å². The molecule has 0 saturated carbocycles. The molecular weight excluding hydrogens is 452 g/mol. The van der Waals surface area contributed by atoms with E-state index < -0.39 is 12.1 Å². The van der Waals surface area contributed by atoms with Crippen molar-refractivity contribution in [3.8, 4) is 0 Å². The minimum atomic E-state index is -0.834. The summed E-state index contributed by atoms with van der Waals surface area (Å²) in [6.45, 7) is 5.57. The van der Waals surface area contributed by atoms with Gasteiger partial charge in [-0.15, -0.1) is 0 Å². The maximum atomic E-state index is 13.9. The quantitative estimate of drug-likeness (QED) is 0.478. The summed E-state index contributed by atoms with van der Waals surface area (Å²) in [7, 11) is 0. The number of urea groups is 1. The fraction of sp³-hybridized carbons (Fsp3) is 0.276. The Hall–Kier alpha value is -4.13. The fourth-order valence-electron chi connectivity index (χ4n) is 4.64. The number of carbonyl (C=O) groups is 3. The van der Waals surface area contributed by atoms with Crippen LogP contribution in [0.1, 0.15) is 42.9 Å². The molecule has 2 atom stereocenters. The van der Waals surface area contributed by atoms with E-state index in [0.29, 0.717) is 17.8 Å². The molecule has 186 valence electrons. The van der Waals surface area contributed by atoms with Gasteiger partial charge < -0.3 is 20.9 Å². The number of amides is 4. The van der Waals surface area contributed by atoms with Gasteiger partial charge in [0.15, 0.2) is 0 Å². The average Bonchev–Trinajstić information content (AvgIpc) is 2.95. The van der Waals surface area contributed by atoms with E-state index in [1.165, 1.54) is 4.90 Å². The second-order valence-corrected chi connectivity index (χ2v) is 9.42. The summed E-state index contributed by atoms with van der Waals surface area (Å²) in [6, 6.07) is 23.7. The molecule has 0 fully saturated rings. The maximum absolute atomic E-state index is 13.9. The first-order valence-electron chi connectivity index (χ1n) is 12.2. The minimum Gasteiger partial charge on any atom is -0.352 e. The third-order valence-corrected chi connectivity index (χ3v) is 6.17. The van der Waals surface area contributed by atoms with Gasteiger partial charge in [-0.05, 0) is 62.1 Å². The van der Waals surface area contributed by atoms with Crippen LogP contribution < -0.4 is 20.9 Å². The van der Waals surface area contributed by atoms with E-state index in [2.05, 4.69) is 16.0 Å². The number of anilines is 2. The number of fused-ring (bicyclic) bond motifs is 1. The van der Waals surface area contributed by atoms with Crippen LogP contribution in [0.5, 0.6) is 0 Å². The first-order chi connectivity index (χ1) is 17.3. The first kappa shape index (κ1) is 25.0. The fourth-order valence-corrected chi connectivity index (χ4v) is 4.64. The van der Waals surface area contributed by atoms with E-state index in [-0.39, 0.29) is 30.3 Å². The van der Waals surface area contributed by atoms with Gasteiger partial charge in [0.05, 0.1) is 0 Å². The van der Waals surface area contributed by atoms with Crippen LogP contribution in [0.2, 0.25) is 0 Å². The van der Waals surface area contributed by atoms with Crippen molar-refractivity contribution in [3.05, 3.63) is 95.6 Å². The van der Waals surface area contributed by atoms with Gasteiger partial charge in [0.1, 0.15) is 12.6 Å². The summed E-state index contributed by atoms with van der Waals surface area (Å²) >= 11 is 0. The second-order valence-electron chi connectivity index (χ2n) is 9.42. The number of nitrogens with zero attached hydrogens (tertiary/aromatic N) is 1. The Labute approximate surface area is 211 Å². The maximum Gasteiger partial charge on any atom is 0.319 e. The zero-order valence-corrected chi connectivity index (χ0v) is 20.8. The predicted octanol–water partition coefficient (Wildman–Crippen LogP) is 4.58. The summed E-state index contributed by atoms with van der Waals surface area (Å²) in [5.74, 6) is -0.720. The first-order valence-corrected chi connectivity index (χ1v) is 12.2. The number of aryl methyl sites for hydroxylation is 1. The van der Waals surface area contributed by atoms with Crippen molar-refractivity contribution in [1.82, 2.24) is 10.6 Å². The van der Waals surface area contributed by atoms with Crippen LogP contribution in [-0.2, 0) is 9.59 Å². The Kier molecular flexibility index (Phi) is 7.68. The molecular formula is C29H32N4O3. The van der Waals surface area contributed by atoms with Gasteiger partial charge in [-0.1, -0.05) is 60.7 Å². The summed E-state index contributed by atoms with van der Waals surface area (Å²) in [6.07, 6.45) is 0.364. The van der Waals surface area contributed by atoms with E-state index in [4.69, 9.17) is 0 Å². The molecule has 7 heteroatoms. The van der Waals surface area contributed by atoms with E-state index in [1.54, 1.807) is 6.07 Å². The molecule has 1 heterocycles. The summed E-state index contributed by atoms with van der Waals surface area (Å²) in [5, 5.41) is 8.58. The zero-order chi connectivity index (χ0) is 25.7. The third kappa shape index (κ3) is 5.92. The Morgan fingerprint density at radius 2 is 1.69 bits per heavy atom. The van der Waals surface area contributed by atoms with Crippen molar-refractivity contribution < 1.29 is 14.4 Å². The molecule has 0 aromatic heterocycles. The molecule has 0 radical (unpaired) electrons. The van der Waals surface area contributed by atoms with E-state index in [0.717, 1.165) is 16.7 Å². The molecule has 0 spiro atoms. The van der Waals surface area contributed by atoms with Gasteiger partial charge >= 0.3 is 6.03 Å². The van der Waals surface area contributed by atoms with Gasteiger partial charge in [0, 0.05) is 23.3 Å². The molecule has 3 N–H and O–H groups in total. The number of hydrogen-bond donors (Lipinski definition) is 3. The highest BCUT2D eigenvalue weighted by molar-refractivity contribution is 6.05. The molecule has 2 unspecified atom stereocenters. The SMILES string of the molecule is Cc1cccc(NC(=O)NC2CC(c3ccccc3)c3ccccc3N(CC(=O)NC(C)C)C2=O)c1. The van der Waals surface area contributed by atoms with Crippen LogP contribution in [0.15, 0.2) is 78.9 Å². The molecule has 7 nitrogen and oxygen atoms in total. The van der Waals surface area contributed by atoms with Gasteiger partial charge in [0.2, 0.25) is 11.8 Å². The lowest BCUT2D eigenvalue weighted by molar-refractivity contribution is -0.125. The van der Waals surface area contributed by atoms with Crippen LogP contribution in [0.3, 0.4) is 0 Å². The second kappa shape index (κ2) is 11.1. The molecule has 36 heavy (non-hydrogen) atoms. The predicted molar refractivity (Wildman–Crippen MR) is 142 cm³/mol. The van der Waals surface area contributed by atoms with E-state index in [1.807, 2.05) is 93.6 Å². The number of carbonyl (C=O) groups excluding carboxylic acids is 3. The normalized spacial score (nSPS) is 17.2. The van der Waals surface area contributed by atoms with Crippen LogP contribution in [0, 0.1) is 6.92 Å². The molecule has 3 aromatic carbocycles. The minimum absolute atomic E-state index is 0.0547. The number of hydrogen-bond acceptors (Lipinski definition) is 3. The molecule has 4 rings (SSSR count). The topological polar surface area (TPSA) is 90.5 Å². The van der Waals surface area contributed by atoms with Crippen LogP contribution in [0.25, 0.3) is 0 Å². The van der Waals surface area contributed by atoms with Crippen molar-refractivity contribution in [2.24, 2.45) is 0 Å². The largest absolute Gasteiger partial charge is 0.352 e. The highest BCUT2D eigenvalue weighted by Crippen LogP contribution is 2.39. The average molecular weight is 485 g/mol. The summed E-state index contributed by atoms with van der Waals surface area (Å²) in [5.41, 5.74) is 4.32.